The monoisotopic (exact) mass is 214 g/mol. The second-order valence-corrected chi connectivity index (χ2v) is 4.61. The van der Waals surface area contributed by atoms with Gasteiger partial charge in [0.05, 0.1) is 19.3 Å². The summed E-state index contributed by atoms with van der Waals surface area (Å²) in [5.41, 5.74) is 0. The maximum Gasteiger partial charge on any atom is 0.305 e. The Morgan fingerprint density at radius 1 is 1.27 bits per heavy atom. The fourth-order valence-corrected chi connectivity index (χ4v) is 2.18. The van der Waals surface area contributed by atoms with E-state index in [9.17, 15) is 4.79 Å². The fourth-order valence-electron chi connectivity index (χ4n) is 2.18. The molecule has 3 nitrogen and oxygen atoms in total. The third kappa shape index (κ3) is 4.65. The number of hydrogen-bond donors (Lipinski definition) is 0. The number of carbonyl (C=O) groups excluding carboxylic acids is 1. The van der Waals surface area contributed by atoms with Gasteiger partial charge in [-0.1, -0.05) is 0 Å². The highest BCUT2D eigenvalue weighted by atomic mass is 16.5. The van der Waals surface area contributed by atoms with E-state index in [2.05, 4.69) is 18.6 Å². The average Bonchev–Trinajstić information content (AvgIpc) is 2.20. The molecule has 0 atom stereocenters. The molecule has 0 aromatic rings. The van der Waals surface area contributed by atoms with Crippen LogP contribution in [-0.4, -0.2) is 25.3 Å². The zero-order chi connectivity index (χ0) is 11.3. The van der Waals surface area contributed by atoms with Gasteiger partial charge in [-0.3, -0.25) is 4.79 Å². The van der Waals surface area contributed by atoms with E-state index < -0.39 is 0 Å². The molecule has 88 valence electrons. The van der Waals surface area contributed by atoms with Crippen molar-refractivity contribution in [1.82, 2.24) is 0 Å². The topological polar surface area (TPSA) is 35.5 Å². The molecule has 15 heavy (non-hydrogen) atoms. The first kappa shape index (κ1) is 12.5. The van der Waals surface area contributed by atoms with Gasteiger partial charge in [0.15, 0.2) is 0 Å². The van der Waals surface area contributed by atoms with Gasteiger partial charge in [0, 0.05) is 6.42 Å². The van der Waals surface area contributed by atoms with E-state index in [4.69, 9.17) is 4.74 Å². The number of ether oxygens (including phenoxy) is 2. The Labute approximate surface area is 92.1 Å². The minimum atomic E-state index is -0.0803. The van der Waals surface area contributed by atoms with E-state index in [1.54, 1.807) is 0 Å². The van der Waals surface area contributed by atoms with Gasteiger partial charge in [-0.15, -0.1) is 0 Å². The highest BCUT2D eigenvalue weighted by molar-refractivity contribution is 5.69. The molecule has 0 heterocycles. The van der Waals surface area contributed by atoms with Gasteiger partial charge in [-0.2, -0.15) is 0 Å². The predicted octanol–water partition coefficient (Wildman–Crippen LogP) is 2.53. The normalized spacial score (nSPS) is 26.7. The largest absolute Gasteiger partial charge is 0.469 e. The predicted molar refractivity (Wildman–Crippen MR) is 58.6 cm³/mol. The molecular weight excluding hydrogens is 192 g/mol. The minimum absolute atomic E-state index is 0.0803. The van der Waals surface area contributed by atoms with Crippen molar-refractivity contribution in [3.63, 3.8) is 0 Å². The van der Waals surface area contributed by atoms with Gasteiger partial charge in [0.1, 0.15) is 0 Å². The van der Waals surface area contributed by atoms with Gasteiger partial charge in [-0.05, 0) is 45.4 Å². The molecule has 1 fully saturated rings. The summed E-state index contributed by atoms with van der Waals surface area (Å²) < 4.78 is 10.4. The second-order valence-electron chi connectivity index (χ2n) is 4.61. The number of hydrogen-bond acceptors (Lipinski definition) is 3. The zero-order valence-electron chi connectivity index (χ0n) is 9.99. The summed E-state index contributed by atoms with van der Waals surface area (Å²) in [5.74, 6) is 0.424. The molecule has 0 unspecified atom stereocenters. The third-order valence-electron chi connectivity index (χ3n) is 2.94. The molecule has 0 aromatic heterocycles. The molecule has 0 amide bonds. The van der Waals surface area contributed by atoms with E-state index in [0.29, 0.717) is 24.5 Å². The van der Waals surface area contributed by atoms with Crippen LogP contribution in [0.25, 0.3) is 0 Å². The molecule has 0 bridgehead atoms. The Morgan fingerprint density at radius 2 is 1.87 bits per heavy atom. The first-order valence-corrected chi connectivity index (χ1v) is 5.84. The summed E-state index contributed by atoms with van der Waals surface area (Å²) in [6.45, 7) is 4.14. The Kier molecular flexibility index (Phi) is 5.09. The van der Waals surface area contributed by atoms with Gasteiger partial charge in [0.2, 0.25) is 0 Å². The molecule has 0 saturated heterocycles. The summed E-state index contributed by atoms with van der Waals surface area (Å²) in [7, 11) is 1.45. The van der Waals surface area contributed by atoms with Crippen LogP contribution < -0.4 is 0 Å². The van der Waals surface area contributed by atoms with Crippen LogP contribution in [0.1, 0.15) is 46.0 Å². The van der Waals surface area contributed by atoms with E-state index in [0.717, 1.165) is 25.7 Å². The zero-order valence-corrected chi connectivity index (χ0v) is 9.99. The molecule has 1 saturated carbocycles. The fraction of sp³-hybridized carbons (Fsp3) is 0.917. The molecule has 1 aliphatic carbocycles. The average molecular weight is 214 g/mol. The van der Waals surface area contributed by atoms with Crippen LogP contribution in [0, 0.1) is 5.92 Å². The minimum Gasteiger partial charge on any atom is -0.469 e. The van der Waals surface area contributed by atoms with Gasteiger partial charge >= 0.3 is 5.97 Å². The van der Waals surface area contributed by atoms with Crippen LogP contribution in [0.15, 0.2) is 0 Å². The van der Waals surface area contributed by atoms with Crippen molar-refractivity contribution >= 4 is 5.97 Å². The third-order valence-corrected chi connectivity index (χ3v) is 2.94. The standard InChI is InChI=1S/C12H22O3/c1-9(2)15-11-6-4-10(5-7-11)8-12(13)14-3/h9-11H,4-8H2,1-3H3. The maximum absolute atomic E-state index is 11.1. The quantitative estimate of drug-likeness (QED) is 0.675. The summed E-state index contributed by atoms with van der Waals surface area (Å²) in [5, 5.41) is 0. The van der Waals surface area contributed by atoms with Crippen LogP contribution in [0.5, 0.6) is 0 Å². The van der Waals surface area contributed by atoms with Crippen molar-refractivity contribution < 1.29 is 14.3 Å². The first-order chi connectivity index (χ1) is 7.11. The molecule has 0 aromatic carbocycles. The molecule has 0 radical (unpaired) electrons. The van der Waals surface area contributed by atoms with E-state index >= 15 is 0 Å². The van der Waals surface area contributed by atoms with E-state index in [1.165, 1.54) is 7.11 Å². The summed E-state index contributed by atoms with van der Waals surface area (Å²) in [6, 6.07) is 0. The Morgan fingerprint density at radius 3 is 2.33 bits per heavy atom. The van der Waals surface area contributed by atoms with Crippen molar-refractivity contribution in [3.8, 4) is 0 Å². The van der Waals surface area contributed by atoms with Crippen molar-refractivity contribution in [2.45, 2.75) is 58.2 Å². The lowest BCUT2D eigenvalue weighted by molar-refractivity contribution is -0.142. The van der Waals surface area contributed by atoms with Gasteiger partial charge < -0.3 is 9.47 Å². The second kappa shape index (κ2) is 6.11. The lowest BCUT2D eigenvalue weighted by Crippen LogP contribution is -2.25. The Hall–Kier alpha value is -0.570. The summed E-state index contributed by atoms with van der Waals surface area (Å²) >= 11 is 0. The van der Waals surface area contributed by atoms with Crippen molar-refractivity contribution in [2.75, 3.05) is 7.11 Å². The van der Waals surface area contributed by atoms with Crippen LogP contribution in [0.2, 0.25) is 0 Å². The van der Waals surface area contributed by atoms with Crippen molar-refractivity contribution in [2.24, 2.45) is 5.92 Å². The molecule has 1 aliphatic rings. The van der Waals surface area contributed by atoms with Crippen LogP contribution >= 0.6 is 0 Å². The molecule has 0 aliphatic heterocycles. The van der Waals surface area contributed by atoms with Crippen LogP contribution in [-0.2, 0) is 14.3 Å². The SMILES string of the molecule is COC(=O)CC1CCC(OC(C)C)CC1. The van der Waals surface area contributed by atoms with E-state index in [-0.39, 0.29) is 5.97 Å². The lowest BCUT2D eigenvalue weighted by Gasteiger charge is -2.29. The molecule has 3 heteroatoms. The maximum atomic E-state index is 11.1. The number of rotatable bonds is 4. The van der Waals surface area contributed by atoms with Crippen LogP contribution in [0.3, 0.4) is 0 Å². The van der Waals surface area contributed by atoms with Crippen molar-refractivity contribution in [3.05, 3.63) is 0 Å². The number of carbonyl (C=O) groups is 1. The molecule has 1 rings (SSSR count). The van der Waals surface area contributed by atoms with Gasteiger partial charge in [0.25, 0.3) is 0 Å². The number of methoxy groups -OCH3 is 1. The number of esters is 1. The summed E-state index contributed by atoms with van der Waals surface area (Å²) in [6.07, 6.45) is 5.63. The Balaban J connectivity index is 2.20. The highest BCUT2D eigenvalue weighted by Gasteiger charge is 2.24. The first-order valence-electron chi connectivity index (χ1n) is 5.84. The molecule has 0 N–H and O–H groups in total. The molecular formula is C12H22O3. The highest BCUT2D eigenvalue weighted by Crippen LogP contribution is 2.29. The van der Waals surface area contributed by atoms with E-state index in [1.807, 2.05) is 0 Å². The van der Waals surface area contributed by atoms with Crippen molar-refractivity contribution in [1.29, 1.82) is 0 Å². The van der Waals surface area contributed by atoms with Crippen LogP contribution in [0.4, 0.5) is 0 Å². The summed E-state index contributed by atoms with van der Waals surface area (Å²) in [4.78, 5) is 11.1. The Bertz CT molecular complexity index is 193. The lowest BCUT2D eigenvalue weighted by atomic mass is 9.85. The smallest absolute Gasteiger partial charge is 0.305 e. The molecule has 0 spiro atoms. The van der Waals surface area contributed by atoms with Gasteiger partial charge in [-0.25, -0.2) is 0 Å².